The zero-order valence-corrected chi connectivity index (χ0v) is 35.8. The summed E-state index contributed by atoms with van der Waals surface area (Å²) in [6.07, 6.45) is 7.79. The minimum Gasteiger partial charge on any atom is -0.462 e. The van der Waals surface area contributed by atoms with Crippen LogP contribution >= 0.6 is 0 Å². The van der Waals surface area contributed by atoms with Gasteiger partial charge >= 0.3 is 91.5 Å². The van der Waals surface area contributed by atoms with Gasteiger partial charge in [-0.2, -0.15) is 4.98 Å². The summed E-state index contributed by atoms with van der Waals surface area (Å²) in [5.41, 5.74) is 5.78. The first-order valence-corrected chi connectivity index (χ1v) is 29.0. The molecule has 6 rings (SSSR count). The monoisotopic (exact) mass is 814 g/mol. The second-order valence-corrected chi connectivity index (χ2v) is 30.1. The van der Waals surface area contributed by atoms with Crippen molar-refractivity contribution in [1.29, 1.82) is 0 Å². The third-order valence-electron chi connectivity index (χ3n) is 9.88. The number of nitrogens with zero attached hydrogens (tertiary/aromatic N) is 8. The van der Waals surface area contributed by atoms with Crippen molar-refractivity contribution in [2.24, 2.45) is 0 Å². The van der Waals surface area contributed by atoms with Crippen molar-refractivity contribution >= 4 is 45.5 Å². The van der Waals surface area contributed by atoms with E-state index < -0.39 is 18.4 Å². The van der Waals surface area contributed by atoms with Crippen LogP contribution in [0.3, 0.4) is 0 Å². The van der Waals surface area contributed by atoms with E-state index in [1.807, 2.05) is 31.5 Å². The van der Waals surface area contributed by atoms with Crippen molar-refractivity contribution in [1.82, 2.24) is 24.9 Å². The molecule has 0 radical (unpaired) electrons. The van der Waals surface area contributed by atoms with Gasteiger partial charge in [0, 0.05) is 68.5 Å². The molecule has 0 bridgehead atoms. The predicted molar refractivity (Wildman–Crippen MR) is 216 cm³/mol. The molecule has 4 aromatic heterocycles. The minimum absolute atomic E-state index is 0.332. The number of esters is 1. The smallest absolute Gasteiger partial charge is 0.339 e. The molecule has 1 atom stereocenters. The van der Waals surface area contributed by atoms with Crippen LogP contribution in [0.4, 0.5) is 17.6 Å². The van der Waals surface area contributed by atoms with Gasteiger partial charge in [0.2, 0.25) is 5.95 Å². The van der Waals surface area contributed by atoms with Crippen molar-refractivity contribution in [2.45, 2.75) is 94.0 Å². The third kappa shape index (κ3) is 9.79. The summed E-state index contributed by atoms with van der Waals surface area (Å²) in [5.74, 6) is 3.25. The van der Waals surface area contributed by atoms with E-state index in [9.17, 15) is 4.79 Å². The first-order valence-electron chi connectivity index (χ1n) is 19.0. The molecule has 52 heavy (non-hydrogen) atoms. The Labute approximate surface area is 315 Å². The Hall–Kier alpha value is -3.80. The average Bonchev–Trinajstić information content (AvgIpc) is 3.57. The number of pyridine rings is 3. The fraction of sp³-hybridized carbons (Fsp3) is 0.512. The second-order valence-electron chi connectivity index (χ2n) is 15.7. The number of rotatable bonds is 9. The van der Waals surface area contributed by atoms with E-state index in [0.717, 1.165) is 85.7 Å². The molecule has 0 N–H and O–H groups in total. The summed E-state index contributed by atoms with van der Waals surface area (Å²) >= 11 is -1.86. The molecule has 0 aliphatic carbocycles. The van der Waals surface area contributed by atoms with Crippen LogP contribution in [0, 0.1) is 6.92 Å². The van der Waals surface area contributed by atoms with E-state index in [1.54, 1.807) is 16.7 Å². The van der Waals surface area contributed by atoms with Crippen molar-refractivity contribution in [3.8, 4) is 11.3 Å². The molecule has 11 heteroatoms. The molecule has 2 aliphatic heterocycles. The molecular weight excluding hydrogens is 755 g/mol. The Balaban J connectivity index is 0.000000340. The molecular formula is C41H58N8O2Sn. The van der Waals surface area contributed by atoms with E-state index in [4.69, 9.17) is 14.7 Å². The van der Waals surface area contributed by atoms with E-state index in [2.05, 4.69) is 103 Å². The van der Waals surface area contributed by atoms with Gasteiger partial charge in [-0.25, -0.2) is 14.8 Å². The largest absolute Gasteiger partial charge is 0.462 e. The van der Waals surface area contributed by atoms with Crippen LogP contribution in [-0.2, 0) is 4.74 Å². The number of hydrogen-bond donors (Lipinski definition) is 0. The normalized spacial score (nSPS) is 16.3. The maximum Gasteiger partial charge on any atom is 0.339 e. The predicted octanol–water partition coefficient (Wildman–Crippen LogP) is 7.61. The molecule has 10 nitrogen and oxygen atoms in total. The molecule has 2 fully saturated rings. The van der Waals surface area contributed by atoms with Gasteiger partial charge in [-0.3, -0.25) is 4.98 Å². The van der Waals surface area contributed by atoms with Gasteiger partial charge in [-0.15, -0.1) is 0 Å². The van der Waals surface area contributed by atoms with E-state index in [-0.39, 0.29) is 5.97 Å². The van der Waals surface area contributed by atoms with Crippen LogP contribution in [0.25, 0.3) is 11.3 Å². The fourth-order valence-electron chi connectivity index (χ4n) is 6.62. The SMILES string of the molecule is CC(C)c1c[c]([Sn]([CH3])([CH3])[CH3])ccn1.CCOC(=O)c1cnc(N2CCN(c3cc(-c4ccnc(C(C)C)c4)nc(N4CCCC4C)n3)CC2)c(C)c1. The number of carbonyl (C=O) groups is 1. The Morgan fingerprint density at radius 2 is 1.52 bits per heavy atom. The van der Waals surface area contributed by atoms with Gasteiger partial charge in [0.05, 0.1) is 17.9 Å². The molecule has 278 valence electrons. The average molecular weight is 814 g/mol. The van der Waals surface area contributed by atoms with Gasteiger partial charge in [0.15, 0.2) is 0 Å². The fourth-order valence-corrected chi connectivity index (χ4v) is 9.91. The Bertz CT molecular complexity index is 1820. The number of hydrogen-bond acceptors (Lipinski definition) is 10. The first kappa shape index (κ1) is 39.4. The van der Waals surface area contributed by atoms with Crippen molar-refractivity contribution in [3.63, 3.8) is 0 Å². The van der Waals surface area contributed by atoms with Gasteiger partial charge < -0.3 is 19.4 Å². The minimum atomic E-state index is -1.86. The maximum atomic E-state index is 12.1. The summed E-state index contributed by atoms with van der Waals surface area (Å²) in [6, 6.07) is 13.1. The first-order chi connectivity index (χ1) is 24.7. The number of aromatic nitrogens is 5. The van der Waals surface area contributed by atoms with Gasteiger partial charge in [-0.05, 0) is 63.3 Å². The summed E-state index contributed by atoms with van der Waals surface area (Å²) < 4.78 is 6.70. The van der Waals surface area contributed by atoms with Crippen LogP contribution in [0.5, 0.6) is 0 Å². The van der Waals surface area contributed by atoms with Crippen LogP contribution < -0.4 is 18.3 Å². The van der Waals surface area contributed by atoms with Crippen LogP contribution in [0.15, 0.2) is 55.0 Å². The standard InChI is InChI=1S/C30H39N7O2.C8H10N.3CH3.Sn/c1-6-39-29(38)24-16-21(4)28(32-19-24)36-14-12-35(13-15-36)27-18-26(23-9-10-31-25(17-23)20(2)3)33-30(34-27)37-11-7-8-22(37)5;1-7(2)8-5-3-4-6-9-8;;;;/h9-10,16-20,22H,6-8,11-15H2,1-5H3;4-7H,1-2H3;3*1H3;. The quantitative estimate of drug-likeness (QED) is 0.124. The number of piperazine rings is 1. The summed E-state index contributed by atoms with van der Waals surface area (Å²) in [4.78, 5) is 50.1. The van der Waals surface area contributed by atoms with Crippen molar-refractivity contribution in [3.05, 3.63) is 77.5 Å². The number of anilines is 3. The number of ether oxygens (including phenoxy) is 1. The molecule has 6 heterocycles. The van der Waals surface area contributed by atoms with Gasteiger partial charge in [0.25, 0.3) is 0 Å². The Kier molecular flexibility index (Phi) is 13.1. The van der Waals surface area contributed by atoms with Crippen LogP contribution in [-0.4, -0.2) is 94.6 Å². The van der Waals surface area contributed by atoms with Crippen molar-refractivity contribution < 1.29 is 9.53 Å². The van der Waals surface area contributed by atoms with E-state index in [0.29, 0.717) is 30.0 Å². The molecule has 4 aromatic rings. The third-order valence-corrected chi connectivity index (χ3v) is 15.7. The number of aryl methyl sites for hydroxylation is 1. The molecule has 2 saturated heterocycles. The number of carbonyl (C=O) groups excluding carboxylic acids is 1. The second kappa shape index (κ2) is 17.3. The zero-order valence-electron chi connectivity index (χ0n) is 33.0. The van der Waals surface area contributed by atoms with Crippen LogP contribution in [0.2, 0.25) is 14.8 Å². The van der Waals surface area contributed by atoms with E-state index >= 15 is 0 Å². The van der Waals surface area contributed by atoms with Gasteiger partial charge in [0.1, 0.15) is 11.6 Å². The molecule has 0 aromatic carbocycles. The van der Waals surface area contributed by atoms with E-state index in [1.165, 1.54) is 5.69 Å². The summed E-state index contributed by atoms with van der Waals surface area (Å²) in [7, 11) is 0. The molecule has 2 aliphatic rings. The van der Waals surface area contributed by atoms with Crippen molar-refractivity contribution in [2.75, 3.05) is 54.0 Å². The van der Waals surface area contributed by atoms with Gasteiger partial charge in [-0.1, -0.05) is 13.8 Å². The molecule has 0 amide bonds. The maximum absolute atomic E-state index is 12.1. The topological polar surface area (TPSA) is 100 Å². The van der Waals surface area contributed by atoms with Crippen LogP contribution in [0.1, 0.15) is 93.5 Å². The molecule has 0 saturated carbocycles. The molecule has 0 spiro atoms. The zero-order chi connectivity index (χ0) is 37.6. The summed E-state index contributed by atoms with van der Waals surface area (Å²) in [6.45, 7) is 19.4. The summed E-state index contributed by atoms with van der Waals surface area (Å²) in [5, 5.41) is 0. The Morgan fingerprint density at radius 1 is 0.865 bits per heavy atom. The Morgan fingerprint density at radius 3 is 2.12 bits per heavy atom. The molecule has 1 unspecified atom stereocenters.